The number of nitrogens with one attached hydrogen (secondary N) is 1. The number of aliphatic hydroxyl groups is 2. The number of carbonyl (C=O) groups excluding carboxylic acids is 1. The van der Waals surface area contributed by atoms with Gasteiger partial charge in [0.05, 0.1) is 11.5 Å². The minimum absolute atomic E-state index is 0.0785. The van der Waals surface area contributed by atoms with Gasteiger partial charge in [-0.2, -0.15) is 0 Å². The molecule has 2 aromatic heterocycles. The molecule has 15 heteroatoms. The average Bonchev–Trinajstić information content (AvgIpc) is 3.40. The number of nitrogens with zero attached hydrogens (tertiary/aromatic N) is 5. The van der Waals surface area contributed by atoms with Crippen molar-refractivity contribution in [3.05, 3.63) is 48.4 Å². The predicted molar refractivity (Wildman–Crippen MR) is 151 cm³/mol. The van der Waals surface area contributed by atoms with Crippen LogP contribution in [0, 0.1) is 0 Å². The molecular weight excluding hydrogens is 556 g/mol. The summed E-state index contributed by atoms with van der Waals surface area (Å²) in [6.45, 7) is 1.00. The van der Waals surface area contributed by atoms with Gasteiger partial charge in [-0.15, -0.1) is 0 Å². The highest BCUT2D eigenvalue weighted by atomic mass is 32.1. The molecule has 0 saturated carbocycles. The van der Waals surface area contributed by atoms with Gasteiger partial charge >= 0.3 is 12.0 Å². The molecule has 0 bridgehead atoms. The molecule has 0 aliphatic carbocycles. The third-order valence-electron chi connectivity index (χ3n) is 6.57. The molecule has 1 saturated heterocycles. The summed E-state index contributed by atoms with van der Waals surface area (Å²) >= 11 is 5.39. The lowest BCUT2D eigenvalue weighted by Gasteiger charge is -2.34. The lowest BCUT2D eigenvalue weighted by atomic mass is 10.0. The molecule has 1 aliphatic heterocycles. The van der Waals surface area contributed by atoms with E-state index in [1.54, 1.807) is 67.5 Å². The Balaban J connectivity index is 1.23. The summed E-state index contributed by atoms with van der Waals surface area (Å²) in [5, 5.41) is 32.8. The number of carbonyl (C=O) groups is 2. The lowest BCUT2D eigenvalue weighted by Crippen LogP contribution is -2.53. The second-order valence-corrected chi connectivity index (χ2v) is 9.80. The summed E-state index contributed by atoms with van der Waals surface area (Å²) in [5.41, 5.74) is 1.31. The number of thiocarbonyl (C=S) groups is 1. The van der Waals surface area contributed by atoms with Crippen molar-refractivity contribution in [1.29, 1.82) is 0 Å². The van der Waals surface area contributed by atoms with E-state index < -0.39 is 30.6 Å². The summed E-state index contributed by atoms with van der Waals surface area (Å²) in [6, 6.07) is 8.34. The lowest BCUT2D eigenvalue weighted by molar-refractivity contribution is -0.228. The maximum absolute atomic E-state index is 13.0. The number of rotatable bonds is 9. The predicted octanol–water partition coefficient (Wildman–Crippen LogP) is 1.11. The van der Waals surface area contributed by atoms with Crippen LogP contribution in [-0.2, 0) is 20.9 Å². The van der Waals surface area contributed by atoms with Gasteiger partial charge in [-0.05, 0) is 36.0 Å². The molecule has 3 aromatic rings. The number of aliphatic hydroxyl groups excluding tert-OH is 2. The van der Waals surface area contributed by atoms with Crippen molar-refractivity contribution in [2.75, 3.05) is 39.5 Å². The normalized spacial score (nSPS) is 20.3. The van der Waals surface area contributed by atoms with Crippen molar-refractivity contribution in [2.24, 2.45) is 0 Å². The fraction of sp³-hybridized carbons (Fsp3) is 0.423. The van der Waals surface area contributed by atoms with Crippen LogP contribution in [-0.4, -0.2) is 116 Å². The number of aliphatic carboxylic acids is 1. The van der Waals surface area contributed by atoms with E-state index in [4.69, 9.17) is 31.5 Å². The van der Waals surface area contributed by atoms with E-state index in [0.29, 0.717) is 30.3 Å². The van der Waals surface area contributed by atoms with E-state index in [2.05, 4.69) is 15.3 Å². The summed E-state index contributed by atoms with van der Waals surface area (Å²) in [4.78, 5) is 35.9. The zero-order valence-electron chi connectivity index (χ0n) is 22.7. The molecule has 4 N–H and O–H groups in total. The Morgan fingerprint density at radius 3 is 2.54 bits per heavy atom. The van der Waals surface area contributed by atoms with Crippen molar-refractivity contribution in [3.8, 4) is 5.75 Å². The fourth-order valence-corrected chi connectivity index (χ4v) is 4.32. The molecule has 0 spiro atoms. The van der Waals surface area contributed by atoms with Gasteiger partial charge in [0.15, 0.2) is 11.8 Å². The van der Waals surface area contributed by atoms with Gasteiger partial charge in [-0.3, -0.25) is 4.57 Å². The molecule has 0 radical (unpaired) electrons. The van der Waals surface area contributed by atoms with Gasteiger partial charge < -0.3 is 44.6 Å². The number of carboxylic acids is 1. The second-order valence-electron chi connectivity index (χ2n) is 9.46. The average molecular weight is 589 g/mol. The van der Waals surface area contributed by atoms with E-state index >= 15 is 0 Å². The number of hydrogen-bond donors (Lipinski definition) is 4. The van der Waals surface area contributed by atoms with Crippen LogP contribution in [0.4, 0.5) is 10.6 Å². The highest BCUT2D eigenvalue weighted by Crippen LogP contribution is 2.24. The molecule has 1 aliphatic rings. The zero-order chi connectivity index (χ0) is 29.7. The number of aromatic nitrogens is 3. The number of benzene rings is 1. The van der Waals surface area contributed by atoms with E-state index in [0.717, 1.165) is 10.9 Å². The topological polar surface area (TPSA) is 172 Å². The van der Waals surface area contributed by atoms with Gasteiger partial charge in [-0.1, -0.05) is 12.1 Å². The number of ether oxygens (including phenoxy) is 3. The Morgan fingerprint density at radius 1 is 1.15 bits per heavy atom. The molecule has 4 atom stereocenters. The van der Waals surface area contributed by atoms with Crippen LogP contribution in [0.1, 0.15) is 12.0 Å². The SMILES string of the molecule is CNc1ncnc2c1ccn2C(=O)N(C)CCN(C)C(=S)OCc1ccc(O[C@H]2C[C@@H](O)[C@H](O)[C@@H](C(=O)O)O2)cc1. The first kappa shape index (κ1) is 29.9. The first-order valence-corrected chi connectivity index (χ1v) is 13.1. The second kappa shape index (κ2) is 13.1. The quantitative estimate of drug-likeness (QED) is 0.262. The first-order valence-electron chi connectivity index (χ1n) is 12.7. The van der Waals surface area contributed by atoms with E-state index in [1.165, 1.54) is 10.9 Å². The van der Waals surface area contributed by atoms with E-state index in [-0.39, 0.29) is 24.2 Å². The standard InChI is InChI=1S/C26H32N6O8S/c1-27-22-17-8-9-32(23(17)29-14-28-22)25(37)30(2)10-11-31(3)26(41)38-13-15-4-6-16(7-5-15)39-19-12-18(33)20(34)21(40-19)24(35)36/h4-9,14,18-21,33-34H,10-13H2,1-3H3,(H,35,36)(H,27,28,29)/t18-,19-,20+,21+/m1/s1. The first-order chi connectivity index (χ1) is 19.6. The fourth-order valence-electron chi connectivity index (χ4n) is 4.17. The van der Waals surface area contributed by atoms with Crippen LogP contribution in [0.5, 0.6) is 5.75 Å². The Labute approximate surface area is 241 Å². The van der Waals surface area contributed by atoms with Crippen LogP contribution in [0.2, 0.25) is 0 Å². The van der Waals surface area contributed by atoms with Gasteiger partial charge in [0, 0.05) is 46.9 Å². The van der Waals surface area contributed by atoms with Crippen molar-refractivity contribution in [3.63, 3.8) is 0 Å². The van der Waals surface area contributed by atoms with Crippen LogP contribution >= 0.6 is 12.2 Å². The molecular formula is C26H32N6O8S. The molecule has 14 nitrogen and oxygen atoms in total. The number of amides is 1. The number of carboxylic acid groups (broad SMARTS) is 1. The van der Waals surface area contributed by atoms with Gasteiger partial charge in [0.25, 0.3) is 5.17 Å². The molecule has 1 fully saturated rings. The summed E-state index contributed by atoms with van der Waals surface area (Å²) in [7, 11) is 5.22. The van der Waals surface area contributed by atoms with Crippen molar-refractivity contribution in [1.82, 2.24) is 24.3 Å². The summed E-state index contributed by atoms with van der Waals surface area (Å²) < 4.78 is 18.1. The van der Waals surface area contributed by atoms with Crippen LogP contribution in [0.3, 0.4) is 0 Å². The summed E-state index contributed by atoms with van der Waals surface area (Å²) in [6.07, 6.45) is -2.44. The Morgan fingerprint density at radius 2 is 1.85 bits per heavy atom. The number of hydrogen-bond acceptors (Lipinski definition) is 11. The third-order valence-corrected chi connectivity index (χ3v) is 7.00. The number of anilines is 1. The largest absolute Gasteiger partial charge is 0.479 e. The van der Waals surface area contributed by atoms with E-state index in [1.807, 2.05) is 0 Å². The molecule has 1 aromatic carbocycles. The van der Waals surface area contributed by atoms with Gasteiger partial charge in [-0.25, -0.2) is 19.6 Å². The van der Waals surface area contributed by atoms with Crippen molar-refractivity contribution in [2.45, 2.75) is 37.6 Å². The van der Waals surface area contributed by atoms with Gasteiger partial charge in [0.2, 0.25) is 6.29 Å². The smallest absolute Gasteiger partial charge is 0.335 e. The molecule has 1 amide bonds. The molecule has 220 valence electrons. The third kappa shape index (κ3) is 7.00. The minimum Gasteiger partial charge on any atom is -0.479 e. The number of likely N-dealkylation sites (N-methyl/N-ethyl adjacent to an activating group) is 2. The maximum Gasteiger partial charge on any atom is 0.335 e. The van der Waals surface area contributed by atoms with Crippen LogP contribution < -0.4 is 10.1 Å². The minimum atomic E-state index is -1.58. The van der Waals surface area contributed by atoms with Crippen molar-refractivity contribution < 1.29 is 39.1 Å². The Bertz CT molecular complexity index is 1390. The van der Waals surface area contributed by atoms with E-state index in [9.17, 15) is 19.8 Å². The molecule has 41 heavy (non-hydrogen) atoms. The highest BCUT2D eigenvalue weighted by Gasteiger charge is 2.42. The van der Waals surface area contributed by atoms with Crippen LogP contribution in [0.15, 0.2) is 42.9 Å². The molecule has 4 rings (SSSR count). The molecule has 3 heterocycles. The Kier molecular flexibility index (Phi) is 9.54. The molecule has 0 unspecified atom stereocenters. The maximum atomic E-state index is 13.0. The Hall–Kier alpha value is -4.05. The zero-order valence-corrected chi connectivity index (χ0v) is 23.5. The number of fused-ring (bicyclic) bond motifs is 1. The van der Waals surface area contributed by atoms with Gasteiger partial charge in [0.1, 0.15) is 30.6 Å². The van der Waals surface area contributed by atoms with Crippen LogP contribution in [0.25, 0.3) is 11.0 Å². The monoisotopic (exact) mass is 588 g/mol. The van der Waals surface area contributed by atoms with Crippen molar-refractivity contribution >= 4 is 46.2 Å². The summed E-state index contributed by atoms with van der Waals surface area (Å²) in [5.74, 6) is -0.353. The highest BCUT2D eigenvalue weighted by molar-refractivity contribution is 7.80.